The summed E-state index contributed by atoms with van der Waals surface area (Å²) in [5.74, 6) is 0.209. The highest BCUT2D eigenvalue weighted by molar-refractivity contribution is 7.86. The average Bonchev–Trinajstić information content (AvgIpc) is 2.40. The fourth-order valence-corrected chi connectivity index (χ4v) is 2.85. The van der Waals surface area contributed by atoms with Crippen LogP contribution in [0.3, 0.4) is 0 Å². The van der Waals surface area contributed by atoms with Crippen LogP contribution in [0.15, 0.2) is 29.2 Å². The number of rotatable bonds is 6. The molecule has 1 aromatic carbocycles. The molecule has 0 bridgehead atoms. The van der Waals surface area contributed by atoms with E-state index in [0.717, 1.165) is 0 Å². The minimum Gasteiger partial charge on any atom is -0.497 e. The van der Waals surface area contributed by atoms with Crippen molar-refractivity contribution >= 4 is 16.8 Å². The quantitative estimate of drug-likeness (QED) is 0.743. The van der Waals surface area contributed by atoms with Crippen LogP contribution >= 0.6 is 0 Å². The smallest absolute Gasteiger partial charge is 0.322 e. The third-order valence-electron chi connectivity index (χ3n) is 2.45. The summed E-state index contributed by atoms with van der Waals surface area (Å²) in [7, 11) is 0.127. The Labute approximate surface area is 110 Å². The lowest BCUT2D eigenvalue weighted by atomic mass is 10.3. The minimum absolute atomic E-state index is 0.296. The van der Waals surface area contributed by atoms with Crippen LogP contribution in [0.5, 0.6) is 5.75 Å². The van der Waals surface area contributed by atoms with Gasteiger partial charge in [0.2, 0.25) is 0 Å². The normalized spacial score (nSPS) is 13.7. The Kier molecular flexibility index (Phi) is 5.85. The molecule has 100 valence electrons. The number of carbonyl (C=O) groups is 1. The van der Waals surface area contributed by atoms with Crippen LogP contribution in [-0.4, -0.2) is 29.1 Å². The van der Waals surface area contributed by atoms with E-state index in [4.69, 9.17) is 9.47 Å². The lowest BCUT2D eigenvalue weighted by molar-refractivity contribution is -0.142. The summed E-state index contributed by atoms with van der Waals surface area (Å²) >= 11 is 0. The molecule has 2 unspecified atom stereocenters. The Bertz CT molecular complexity index is 431. The molecular weight excluding hydrogens is 252 g/mol. The molecule has 4 nitrogen and oxygen atoms in total. The SMILES string of the molecule is CCOC(=O)C(CC)S(=O)c1cccc(OC)c1. The molecular formula is C13H18O4S. The largest absolute Gasteiger partial charge is 0.497 e. The number of methoxy groups -OCH3 is 1. The molecule has 1 rings (SSSR count). The summed E-state index contributed by atoms with van der Waals surface area (Å²) in [6.07, 6.45) is 0.475. The first-order valence-corrected chi connectivity index (χ1v) is 7.06. The number of hydrogen-bond donors (Lipinski definition) is 0. The fourth-order valence-electron chi connectivity index (χ4n) is 1.53. The number of ether oxygens (including phenoxy) is 2. The molecule has 0 amide bonds. The van der Waals surface area contributed by atoms with Gasteiger partial charge < -0.3 is 9.47 Å². The van der Waals surface area contributed by atoms with Crippen LogP contribution < -0.4 is 4.74 Å². The predicted molar refractivity (Wildman–Crippen MR) is 70.1 cm³/mol. The first-order chi connectivity index (χ1) is 8.63. The van der Waals surface area contributed by atoms with Crippen LogP contribution in [0.4, 0.5) is 0 Å². The maximum absolute atomic E-state index is 12.3. The lowest BCUT2D eigenvalue weighted by Crippen LogP contribution is -2.27. The van der Waals surface area contributed by atoms with Gasteiger partial charge in [-0.05, 0) is 31.5 Å². The third kappa shape index (κ3) is 3.57. The van der Waals surface area contributed by atoms with Gasteiger partial charge in [-0.15, -0.1) is 0 Å². The van der Waals surface area contributed by atoms with E-state index in [1.54, 1.807) is 38.3 Å². The van der Waals surface area contributed by atoms with E-state index >= 15 is 0 Å². The Balaban J connectivity index is 2.92. The molecule has 0 N–H and O–H groups in total. The summed E-state index contributed by atoms with van der Waals surface area (Å²) in [6, 6.07) is 6.93. The van der Waals surface area contributed by atoms with E-state index in [1.807, 2.05) is 6.92 Å². The van der Waals surface area contributed by atoms with Crippen LogP contribution in [0.2, 0.25) is 0 Å². The highest BCUT2D eigenvalue weighted by Crippen LogP contribution is 2.20. The van der Waals surface area contributed by atoms with Crippen molar-refractivity contribution in [1.82, 2.24) is 0 Å². The summed E-state index contributed by atoms with van der Waals surface area (Å²) in [5, 5.41) is -0.628. The van der Waals surface area contributed by atoms with Crippen molar-refractivity contribution in [1.29, 1.82) is 0 Å². The zero-order valence-electron chi connectivity index (χ0n) is 10.8. The molecule has 0 spiro atoms. The van der Waals surface area contributed by atoms with Crippen LogP contribution in [-0.2, 0) is 20.3 Å². The molecule has 0 heterocycles. The highest BCUT2D eigenvalue weighted by atomic mass is 32.2. The van der Waals surface area contributed by atoms with Gasteiger partial charge in [-0.3, -0.25) is 9.00 Å². The van der Waals surface area contributed by atoms with Gasteiger partial charge in [0, 0.05) is 4.90 Å². The summed E-state index contributed by atoms with van der Waals surface area (Å²) < 4.78 is 22.3. The van der Waals surface area contributed by atoms with E-state index in [-0.39, 0.29) is 0 Å². The molecule has 0 aromatic heterocycles. The van der Waals surface area contributed by atoms with Gasteiger partial charge in [-0.25, -0.2) is 0 Å². The fraction of sp³-hybridized carbons (Fsp3) is 0.462. The Morgan fingerprint density at radius 2 is 2.11 bits per heavy atom. The van der Waals surface area contributed by atoms with Crippen molar-refractivity contribution in [2.45, 2.75) is 30.4 Å². The van der Waals surface area contributed by atoms with E-state index in [2.05, 4.69) is 0 Å². The minimum atomic E-state index is -1.42. The Morgan fingerprint density at radius 1 is 1.39 bits per heavy atom. The van der Waals surface area contributed by atoms with Crippen molar-refractivity contribution in [2.75, 3.05) is 13.7 Å². The van der Waals surface area contributed by atoms with Gasteiger partial charge in [-0.2, -0.15) is 0 Å². The molecule has 1 aromatic rings. The van der Waals surface area contributed by atoms with E-state index in [1.165, 1.54) is 0 Å². The van der Waals surface area contributed by atoms with Gasteiger partial charge in [0.15, 0.2) is 0 Å². The maximum atomic E-state index is 12.3. The van der Waals surface area contributed by atoms with Gasteiger partial charge in [0.25, 0.3) is 0 Å². The number of esters is 1. The number of benzene rings is 1. The molecule has 0 saturated heterocycles. The molecule has 0 aliphatic heterocycles. The van der Waals surface area contributed by atoms with Crippen LogP contribution in [0, 0.1) is 0 Å². The lowest BCUT2D eigenvalue weighted by Gasteiger charge is -2.13. The maximum Gasteiger partial charge on any atom is 0.322 e. The van der Waals surface area contributed by atoms with E-state index < -0.39 is 22.0 Å². The van der Waals surface area contributed by atoms with Gasteiger partial charge in [-0.1, -0.05) is 13.0 Å². The van der Waals surface area contributed by atoms with Crippen molar-refractivity contribution in [3.05, 3.63) is 24.3 Å². The van der Waals surface area contributed by atoms with Crippen molar-refractivity contribution in [3.8, 4) is 5.75 Å². The van der Waals surface area contributed by atoms with E-state index in [9.17, 15) is 9.00 Å². The first-order valence-electron chi connectivity index (χ1n) is 5.85. The van der Waals surface area contributed by atoms with Crippen molar-refractivity contribution in [3.63, 3.8) is 0 Å². The van der Waals surface area contributed by atoms with Crippen molar-refractivity contribution in [2.24, 2.45) is 0 Å². The summed E-state index contributed by atoms with van der Waals surface area (Å²) in [4.78, 5) is 12.3. The number of hydrogen-bond acceptors (Lipinski definition) is 4. The molecule has 0 radical (unpaired) electrons. The Morgan fingerprint density at radius 3 is 2.67 bits per heavy atom. The van der Waals surface area contributed by atoms with Crippen molar-refractivity contribution < 1.29 is 18.5 Å². The van der Waals surface area contributed by atoms with Crippen LogP contribution in [0.1, 0.15) is 20.3 Å². The molecule has 0 aliphatic rings. The van der Waals surface area contributed by atoms with Gasteiger partial charge in [0.05, 0.1) is 24.5 Å². The van der Waals surface area contributed by atoms with E-state index in [0.29, 0.717) is 23.7 Å². The molecule has 5 heteroatoms. The predicted octanol–water partition coefficient (Wildman–Crippen LogP) is 2.14. The zero-order valence-corrected chi connectivity index (χ0v) is 11.7. The number of carbonyl (C=O) groups excluding carboxylic acids is 1. The summed E-state index contributed by atoms with van der Waals surface area (Å²) in [6.45, 7) is 3.85. The monoisotopic (exact) mass is 270 g/mol. The molecule has 0 fully saturated rings. The topological polar surface area (TPSA) is 52.6 Å². The molecule has 18 heavy (non-hydrogen) atoms. The first kappa shape index (κ1) is 14.7. The highest BCUT2D eigenvalue weighted by Gasteiger charge is 2.26. The second-order valence-corrected chi connectivity index (χ2v) is 5.26. The second-order valence-electron chi connectivity index (χ2n) is 3.63. The van der Waals surface area contributed by atoms with Crippen LogP contribution in [0.25, 0.3) is 0 Å². The zero-order chi connectivity index (χ0) is 13.5. The molecule has 2 atom stereocenters. The average molecular weight is 270 g/mol. The summed E-state index contributed by atoms with van der Waals surface area (Å²) in [5.41, 5.74) is 0. The van der Waals surface area contributed by atoms with Gasteiger partial charge in [0.1, 0.15) is 11.0 Å². The third-order valence-corrected chi connectivity index (χ3v) is 4.21. The Hall–Kier alpha value is -1.36. The molecule has 0 saturated carbocycles. The van der Waals surface area contributed by atoms with Gasteiger partial charge >= 0.3 is 5.97 Å². The standard InChI is InChI=1S/C13H18O4S/c1-4-12(13(14)17-5-2)18(15)11-8-6-7-10(9-11)16-3/h6-9,12H,4-5H2,1-3H3. The second kappa shape index (κ2) is 7.16. The molecule has 0 aliphatic carbocycles.